The second-order valence-electron chi connectivity index (χ2n) is 30.0. The van der Waals surface area contributed by atoms with E-state index in [0.29, 0.717) is 0 Å². The van der Waals surface area contributed by atoms with Crippen LogP contribution in [0.2, 0.25) is 0 Å². The third-order valence-corrected chi connectivity index (χ3v) is 23.1. The smallest absolute Gasteiger partial charge is 0.0547 e. The van der Waals surface area contributed by atoms with Crippen molar-refractivity contribution in [1.82, 2.24) is 9.13 Å². The fourth-order valence-corrected chi connectivity index (χ4v) is 17.4. The summed E-state index contributed by atoms with van der Waals surface area (Å²) in [5.41, 5.74) is 33.0. The van der Waals surface area contributed by atoms with Crippen LogP contribution in [0.4, 0.5) is 34.1 Å². The van der Waals surface area contributed by atoms with Crippen LogP contribution in [0.5, 0.6) is 0 Å². The number of aromatic nitrogens is 2. The van der Waals surface area contributed by atoms with Gasteiger partial charge in [0, 0.05) is 67.0 Å². The zero-order chi connectivity index (χ0) is 76.8. The lowest BCUT2D eigenvalue weighted by Gasteiger charge is -2.26. The van der Waals surface area contributed by atoms with Gasteiger partial charge in [-0.2, -0.15) is 0 Å². The quantitative estimate of drug-likeness (QED) is 0.0897. The van der Waals surface area contributed by atoms with Crippen LogP contribution in [0.15, 0.2) is 461 Å². The molecule has 0 atom stereocenters. The van der Waals surface area contributed by atoms with Crippen LogP contribution in [0.3, 0.4) is 0 Å². The molecule has 0 aliphatic rings. The van der Waals surface area contributed by atoms with E-state index in [2.05, 4.69) is 480 Å². The molecule has 0 bridgehead atoms. The largest absolute Gasteiger partial charge is 0.310 e. The average molecular weight is 1480 g/mol. The molecule has 0 saturated carbocycles. The molecule has 22 rings (SSSR count). The molecular weight excluding hydrogens is 1400 g/mol. The molecule has 0 aliphatic heterocycles. The topological polar surface area (TPSA) is 16.3 Å². The Hall–Kier alpha value is -15.4. The minimum absolute atomic E-state index is 1.10. The van der Waals surface area contributed by atoms with E-state index in [-0.39, 0.29) is 0 Å². The van der Waals surface area contributed by atoms with Gasteiger partial charge in [-0.3, -0.25) is 0 Å². The molecule has 544 valence electrons. The first kappa shape index (κ1) is 68.7. The van der Waals surface area contributed by atoms with Crippen LogP contribution in [0, 0.1) is 0 Å². The van der Waals surface area contributed by atoms with Gasteiger partial charge in [0.2, 0.25) is 0 Å². The molecule has 22 aromatic rings. The van der Waals surface area contributed by atoms with Crippen LogP contribution >= 0.6 is 0 Å². The molecule has 2 aromatic heterocycles. The van der Waals surface area contributed by atoms with Crippen molar-refractivity contribution in [3.63, 3.8) is 0 Å². The minimum Gasteiger partial charge on any atom is -0.310 e. The van der Waals surface area contributed by atoms with Gasteiger partial charge in [-0.05, 0) is 238 Å². The van der Waals surface area contributed by atoms with E-state index in [1.165, 1.54) is 160 Å². The Kier molecular flexibility index (Phi) is 17.6. The van der Waals surface area contributed by atoms with E-state index in [4.69, 9.17) is 0 Å². The predicted molar refractivity (Wildman–Crippen MR) is 492 cm³/mol. The summed E-state index contributed by atoms with van der Waals surface area (Å²) in [6.07, 6.45) is 0. The molecule has 4 nitrogen and oxygen atoms in total. The van der Waals surface area contributed by atoms with Gasteiger partial charge in [0.1, 0.15) is 0 Å². The number of nitrogens with zero attached hydrogens (tertiary/aromatic N) is 4. The maximum Gasteiger partial charge on any atom is 0.0547 e. The summed E-state index contributed by atoms with van der Waals surface area (Å²) < 4.78 is 4.82. The third-order valence-electron chi connectivity index (χ3n) is 23.1. The van der Waals surface area contributed by atoms with Crippen molar-refractivity contribution >= 4 is 99.3 Å². The standard InChI is InChI=1S/2C56H38N2/c1-3-11-39(12-4-1)41-25-31-49(32-26-41)57(50-33-27-42(28-34-50)40-13-5-2-6-14-40)52-20-8-19-48(38-52)47-18-7-17-46(37-47)43-29-35-51(36-30-43)58-53-21-9-15-44-23-24-45-16-10-22-54(58)56(45)55(44)53;1-3-10-39(11-4-1)42-26-32-49(33-27-42)57(50-34-28-43(29-35-50)40-12-5-2-6-13-40)52-17-7-16-48(38-52)45-22-20-41(21-23-45)44-30-36-51(37-31-44)58-53-18-8-14-46-24-25-47-15-9-19-54(58)56(47)55(46)53/h2*1-38H. The van der Waals surface area contributed by atoms with E-state index in [9.17, 15) is 0 Å². The van der Waals surface area contributed by atoms with Crippen LogP contribution in [0.1, 0.15) is 0 Å². The van der Waals surface area contributed by atoms with Crippen molar-refractivity contribution in [2.75, 3.05) is 9.80 Å². The Morgan fingerprint density at radius 1 is 0.129 bits per heavy atom. The highest BCUT2D eigenvalue weighted by Crippen LogP contribution is 2.45. The van der Waals surface area contributed by atoms with Crippen molar-refractivity contribution in [3.8, 4) is 100 Å². The van der Waals surface area contributed by atoms with Crippen molar-refractivity contribution in [2.24, 2.45) is 0 Å². The molecule has 0 aliphatic carbocycles. The third kappa shape index (κ3) is 12.8. The number of benzene rings is 20. The van der Waals surface area contributed by atoms with Gasteiger partial charge in [0.05, 0.1) is 22.1 Å². The normalized spacial score (nSPS) is 11.4. The molecule has 0 spiro atoms. The molecule has 0 radical (unpaired) electrons. The molecule has 0 fully saturated rings. The minimum atomic E-state index is 1.10. The van der Waals surface area contributed by atoms with Gasteiger partial charge in [-0.15, -0.1) is 0 Å². The van der Waals surface area contributed by atoms with E-state index in [1.54, 1.807) is 0 Å². The van der Waals surface area contributed by atoms with E-state index < -0.39 is 0 Å². The number of hydrogen-bond acceptors (Lipinski definition) is 2. The van der Waals surface area contributed by atoms with Crippen molar-refractivity contribution in [1.29, 1.82) is 0 Å². The van der Waals surface area contributed by atoms with Crippen LogP contribution in [0.25, 0.3) is 166 Å². The Morgan fingerprint density at radius 2 is 0.328 bits per heavy atom. The fourth-order valence-electron chi connectivity index (χ4n) is 17.4. The monoisotopic (exact) mass is 1480 g/mol. The summed E-state index contributed by atoms with van der Waals surface area (Å²) in [6.45, 7) is 0. The lowest BCUT2D eigenvalue weighted by molar-refractivity contribution is 1.18. The lowest BCUT2D eigenvalue weighted by Crippen LogP contribution is -2.10. The zero-order valence-electron chi connectivity index (χ0n) is 63.7. The first-order valence-corrected chi connectivity index (χ1v) is 39.8. The number of hydrogen-bond donors (Lipinski definition) is 0. The van der Waals surface area contributed by atoms with Gasteiger partial charge in [0.15, 0.2) is 0 Å². The van der Waals surface area contributed by atoms with Gasteiger partial charge in [-0.25, -0.2) is 0 Å². The zero-order valence-corrected chi connectivity index (χ0v) is 63.7. The van der Waals surface area contributed by atoms with Gasteiger partial charge >= 0.3 is 0 Å². The van der Waals surface area contributed by atoms with Crippen LogP contribution in [-0.4, -0.2) is 9.13 Å². The molecule has 4 heteroatoms. The van der Waals surface area contributed by atoms with E-state index in [1.807, 2.05) is 0 Å². The maximum atomic E-state index is 2.41. The highest BCUT2D eigenvalue weighted by atomic mass is 15.1. The average Bonchev–Trinajstić information content (AvgIpc) is 1.57. The molecule has 116 heavy (non-hydrogen) atoms. The van der Waals surface area contributed by atoms with Crippen molar-refractivity contribution in [3.05, 3.63) is 461 Å². The molecule has 0 N–H and O–H groups in total. The highest BCUT2D eigenvalue weighted by Gasteiger charge is 2.22. The van der Waals surface area contributed by atoms with Crippen LogP contribution < -0.4 is 9.80 Å². The Labute approximate surface area is 675 Å². The molecule has 0 unspecified atom stereocenters. The summed E-state index contributed by atoms with van der Waals surface area (Å²) in [5, 5.41) is 10.5. The van der Waals surface area contributed by atoms with Crippen molar-refractivity contribution in [2.45, 2.75) is 0 Å². The van der Waals surface area contributed by atoms with Gasteiger partial charge in [-0.1, -0.05) is 334 Å². The molecule has 0 saturated heterocycles. The Bertz CT molecular complexity index is 6920. The summed E-state index contributed by atoms with van der Waals surface area (Å²) in [6, 6.07) is 167. The molecular formula is C112H76N4. The maximum absolute atomic E-state index is 2.41. The summed E-state index contributed by atoms with van der Waals surface area (Å²) >= 11 is 0. The Balaban J connectivity index is 0.000000145. The second kappa shape index (κ2) is 29.7. The number of anilines is 6. The lowest BCUT2D eigenvalue weighted by atomic mass is 9.98. The van der Waals surface area contributed by atoms with E-state index in [0.717, 1.165) is 39.8 Å². The fraction of sp³-hybridized carbons (Fsp3) is 0. The number of rotatable bonds is 16. The molecule has 0 amide bonds. The molecule has 2 heterocycles. The second-order valence-corrected chi connectivity index (χ2v) is 30.0. The first-order valence-electron chi connectivity index (χ1n) is 39.8. The van der Waals surface area contributed by atoms with Gasteiger partial charge < -0.3 is 18.9 Å². The highest BCUT2D eigenvalue weighted by molar-refractivity contribution is 6.25. The first-order chi connectivity index (χ1) is 57.5. The summed E-state index contributed by atoms with van der Waals surface area (Å²) in [4.78, 5) is 4.70. The van der Waals surface area contributed by atoms with E-state index >= 15 is 0 Å². The SMILES string of the molecule is c1ccc(-c2ccc(N(c3ccc(-c4ccccc4)cc3)c3cccc(-c4ccc(-c5ccc(-n6c7cccc8ccc9cccc6c9c87)cc5)cc4)c3)cc2)cc1.c1ccc(-c2ccc(N(c3ccc(-c4ccccc4)cc3)c3cccc(-c4cccc(-c5ccc(-n6c7cccc8ccc9cccc6c9c87)cc5)c4)c3)cc2)cc1. The predicted octanol–water partition coefficient (Wildman–Crippen LogP) is 31.0. The molecule has 20 aromatic carbocycles. The van der Waals surface area contributed by atoms with Gasteiger partial charge in [0.25, 0.3) is 0 Å². The summed E-state index contributed by atoms with van der Waals surface area (Å²) in [5.74, 6) is 0. The van der Waals surface area contributed by atoms with Crippen LogP contribution in [-0.2, 0) is 0 Å². The van der Waals surface area contributed by atoms with Crippen molar-refractivity contribution < 1.29 is 0 Å². The summed E-state index contributed by atoms with van der Waals surface area (Å²) in [7, 11) is 0. The Morgan fingerprint density at radius 3 is 0.612 bits per heavy atom.